The topological polar surface area (TPSA) is 54.9 Å². The molecule has 0 saturated heterocycles. The molecule has 2 aromatic rings. The van der Waals surface area contributed by atoms with Crippen LogP contribution in [0.1, 0.15) is 17.3 Å². The van der Waals surface area contributed by atoms with E-state index in [0.29, 0.717) is 4.34 Å². The summed E-state index contributed by atoms with van der Waals surface area (Å²) in [4.78, 5) is 11.9. The zero-order valence-corrected chi connectivity index (χ0v) is 12.5. The van der Waals surface area contributed by atoms with Crippen LogP contribution in [0.15, 0.2) is 16.5 Å². The number of carbonyl (C=O) groups is 1. The molecule has 1 N–H and O–H groups in total. The third-order valence-electron chi connectivity index (χ3n) is 2.15. The number of thioether (sulfide) groups is 1. The molecule has 0 bridgehead atoms. The molecule has 9 heteroatoms. The molecular weight excluding hydrogens is 328 g/mol. The van der Waals surface area contributed by atoms with Crippen LogP contribution in [0.3, 0.4) is 0 Å². The van der Waals surface area contributed by atoms with Gasteiger partial charge >= 0.3 is 0 Å². The number of nitrogens with zero attached hydrogens (tertiary/aromatic N) is 2. The van der Waals surface area contributed by atoms with Gasteiger partial charge in [0.25, 0.3) is 5.91 Å². The Morgan fingerprint density at radius 1 is 1.40 bits per heavy atom. The van der Waals surface area contributed by atoms with Crippen molar-refractivity contribution < 1.29 is 13.6 Å². The largest absolute Gasteiger partial charge is 0.296 e. The second-order valence-electron chi connectivity index (χ2n) is 3.51. The van der Waals surface area contributed by atoms with Crippen LogP contribution in [0.25, 0.3) is 0 Å². The molecule has 106 valence electrons. The summed E-state index contributed by atoms with van der Waals surface area (Å²) in [6.45, 7) is 1.96. The maximum absolute atomic E-state index is 13.1. The zero-order chi connectivity index (χ0) is 14.7. The monoisotopic (exact) mass is 335 g/mol. The molecule has 2 rings (SSSR count). The van der Waals surface area contributed by atoms with Crippen LogP contribution in [0.5, 0.6) is 0 Å². The highest BCUT2D eigenvalue weighted by atomic mass is 35.5. The van der Waals surface area contributed by atoms with Gasteiger partial charge in [0, 0.05) is 0 Å². The van der Waals surface area contributed by atoms with Crippen LogP contribution in [0.2, 0.25) is 5.02 Å². The third-order valence-corrected chi connectivity index (χ3v) is 4.32. The minimum Gasteiger partial charge on any atom is -0.296 e. The lowest BCUT2D eigenvalue weighted by Crippen LogP contribution is -2.13. The Balaban J connectivity index is 2.17. The normalized spacial score (nSPS) is 10.6. The standard InChI is InChI=1S/C11H8ClF2N3OS2/c1-2-19-11-17-16-10(20-11)15-9(18)5-3-7(13)8(14)4-6(5)12/h3-4H,2H2,1H3,(H,15,16,18). The van der Waals surface area contributed by atoms with Crippen molar-refractivity contribution in [2.75, 3.05) is 11.1 Å². The van der Waals surface area contributed by atoms with E-state index < -0.39 is 17.5 Å². The van der Waals surface area contributed by atoms with Crippen molar-refractivity contribution in [1.29, 1.82) is 0 Å². The molecule has 0 unspecified atom stereocenters. The highest BCUT2D eigenvalue weighted by molar-refractivity contribution is 8.01. The van der Waals surface area contributed by atoms with Gasteiger partial charge in [-0.25, -0.2) is 8.78 Å². The van der Waals surface area contributed by atoms with E-state index in [0.717, 1.165) is 17.9 Å². The van der Waals surface area contributed by atoms with E-state index >= 15 is 0 Å². The first-order chi connectivity index (χ1) is 9.51. The Morgan fingerprint density at radius 2 is 2.10 bits per heavy atom. The SMILES string of the molecule is CCSc1nnc(NC(=O)c2cc(F)c(F)cc2Cl)s1. The second kappa shape index (κ2) is 6.47. The van der Waals surface area contributed by atoms with E-state index in [2.05, 4.69) is 15.5 Å². The Bertz CT molecular complexity index is 651. The first-order valence-electron chi connectivity index (χ1n) is 5.43. The number of halogens is 3. The van der Waals surface area contributed by atoms with Crippen LogP contribution in [-0.4, -0.2) is 21.9 Å². The van der Waals surface area contributed by atoms with Gasteiger partial charge in [-0.2, -0.15) is 0 Å². The first kappa shape index (κ1) is 15.1. The molecule has 0 saturated carbocycles. The number of hydrogen-bond acceptors (Lipinski definition) is 5. The van der Waals surface area contributed by atoms with E-state index in [1.54, 1.807) is 0 Å². The average molecular weight is 336 g/mol. The predicted molar refractivity (Wildman–Crippen MR) is 75.6 cm³/mol. The Hall–Kier alpha value is -1.25. The Kier molecular flexibility index (Phi) is 4.90. The first-order valence-corrected chi connectivity index (χ1v) is 7.61. The molecule has 1 amide bonds. The number of carbonyl (C=O) groups excluding carboxylic acids is 1. The van der Waals surface area contributed by atoms with E-state index in [9.17, 15) is 13.6 Å². The van der Waals surface area contributed by atoms with Crippen LogP contribution in [-0.2, 0) is 0 Å². The van der Waals surface area contributed by atoms with Crippen molar-refractivity contribution in [2.24, 2.45) is 0 Å². The molecule has 1 aromatic carbocycles. The summed E-state index contributed by atoms with van der Waals surface area (Å²) >= 11 is 8.39. The molecular formula is C11H8ClF2N3OS2. The maximum Gasteiger partial charge on any atom is 0.259 e. The van der Waals surface area contributed by atoms with Crippen LogP contribution in [0.4, 0.5) is 13.9 Å². The third kappa shape index (κ3) is 3.44. The van der Waals surface area contributed by atoms with Crippen LogP contribution in [0, 0.1) is 11.6 Å². The lowest BCUT2D eigenvalue weighted by atomic mass is 10.2. The molecule has 1 aromatic heterocycles. The van der Waals surface area contributed by atoms with E-state index in [1.807, 2.05) is 6.92 Å². The molecule has 0 aliphatic heterocycles. The maximum atomic E-state index is 13.1. The highest BCUT2D eigenvalue weighted by Gasteiger charge is 2.16. The second-order valence-corrected chi connectivity index (χ2v) is 6.40. The summed E-state index contributed by atoms with van der Waals surface area (Å²) in [7, 11) is 0. The Morgan fingerprint density at radius 3 is 2.80 bits per heavy atom. The molecule has 0 radical (unpaired) electrons. The number of amides is 1. The summed E-state index contributed by atoms with van der Waals surface area (Å²) in [5, 5.41) is 10.2. The van der Waals surface area contributed by atoms with Gasteiger partial charge in [0.1, 0.15) is 0 Å². The summed E-state index contributed by atoms with van der Waals surface area (Å²) in [6, 6.07) is 1.50. The summed E-state index contributed by atoms with van der Waals surface area (Å²) in [6.07, 6.45) is 0. The van der Waals surface area contributed by atoms with Gasteiger partial charge in [-0.05, 0) is 17.9 Å². The van der Waals surface area contributed by atoms with E-state index in [4.69, 9.17) is 11.6 Å². The highest BCUT2D eigenvalue weighted by Crippen LogP contribution is 2.26. The Labute approximate surface area is 126 Å². The predicted octanol–water partition coefficient (Wildman–Crippen LogP) is 3.83. The van der Waals surface area contributed by atoms with Crippen molar-refractivity contribution in [1.82, 2.24) is 10.2 Å². The minimum atomic E-state index is -1.14. The van der Waals surface area contributed by atoms with Gasteiger partial charge in [-0.3, -0.25) is 10.1 Å². The molecule has 0 fully saturated rings. The van der Waals surface area contributed by atoms with Crippen molar-refractivity contribution in [3.8, 4) is 0 Å². The van der Waals surface area contributed by atoms with Gasteiger partial charge in [0.2, 0.25) is 5.13 Å². The smallest absolute Gasteiger partial charge is 0.259 e. The van der Waals surface area contributed by atoms with Crippen molar-refractivity contribution in [2.45, 2.75) is 11.3 Å². The van der Waals surface area contributed by atoms with Crippen molar-refractivity contribution in [3.05, 3.63) is 34.4 Å². The van der Waals surface area contributed by atoms with Crippen LogP contribution < -0.4 is 5.32 Å². The van der Waals surface area contributed by atoms with Gasteiger partial charge in [-0.1, -0.05) is 41.6 Å². The molecule has 0 spiro atoms. The number of hydrogen-bond donors (Lipinski definition) is 1. The van der Waals surface area contributed by atoms with Gasteiger partial charge in [0.05, 0.1) is 10.6 Å². The van der Waals surface area contributed by atoms with E-state index in [1.165, 1.54) is 23.1 Å². The molecule has 20 heavy (non-hydrogen) atoms. The fourth-order valence-electron chi connectivity index (χ4n) is 1.30. The quantitative estimate of drug-likeness (QED) is 0.524. The van der Waals surface area contributed by atoms with Gasteiger partial charge in [-0.15, -0.1) is 10.2 Å². The lowest BCUT2D eigenvalue weighted by Gasteiger charge is -2.04. The fourth-order valence-corrected chi connectivity index (χ4v) is 3.18. The summed E-state index contributed by atoms with van der Waals surface area (Å²) in [5.41, 5.74) is -0.162. The van der Waals surface area contributed by atoms with Crippen molar-refractivity contribution in [3.63, 3.8) is 0 Å². The number of benzene rings is 1. The summed E-state index contributed by atoms with van der Waals surface area (Å²) in [5.74, 6) is -2.08. The number of nitrogens with one attached hydrogen (secondary N) is 1. The summed E-state index contributed by atoms with van der Waals surface area (Å²) < 4.78 is 26.8. The van der Waals surface area contributed by atoms with Gasteiger partial charge in [0.15, 0.2) is 16.0 Å². The lowest BCUT2D eigenvalue weighted by molar-refractivity contribution is 0.102. The molecule has 1 heterocycles. The minimum absolute atomic E-state index is 0.162. The molecule has 0 aliphatic carbocycles. The van der Waals surface area contributed by atoms with Crippen LogP contribution >= 0.6 is 34.7 Å². The van der Waals surface area contributed by atoms with E-state index in [-0.39, 0.29) is 15.7 Å². The fraction of sp³-hybridized carbons (Fsp3) is 0.182. The average Bonchev–Trinajstić information content (AvgIpc) is 2.81. The zero-order valence-electron chi connectivity index (χ0n) is 10.1. The number of rotatable bonds is 4. The molecule has 0 aliphatic rings. The van der Waals surface area contributed by atoms with Crippen molar-refractivity contribution >= 4 is 45.7 Å². The number of aromatic nitrogens is 2. The van der Waals surface area contributed by atoms with Gasteiger partial charge < -0.3 is 0 Å². The number of anilines is 1. The molecule has 4 nitrogen and oxygen atoms in total. The molecule has 0 atom stereocenters.